The second-order valence-corrected chi connectivity index (χ2v) is 14.8. The Balaban J connectivity index is 1.10. The van der Waals surface area contributed by atoms with E-state index in [-0.39, 0.29) is 5.41 Å². The normalized spacial score (nSPS) is 16.2. The molecule has 240 valence electrons. The summed E-state index contributed by atoms with van der Waals surface area (Å²) in [5.74, 6) is 0. The SMILES string of the molecule is c1ccc(N(c2ccccc2)c2ccc3c(c2)[C@@]2(CC3)CCc3ccc(N(c4ccccc4)c4ccc5c(c4)sc4ccccc45)cc32)cc1. The van der Waals surface area contributed by atoms with E-state index in [1.165, 1.54) is 76.6 Å². The first-order chi connectivity index (χ1) is 24.7. The van der Waals surface area contributed by atoms with Crippen molar-refractivity contribution in [3.8, 4) is 0 Å². The quantitative estimate of drug-likeness (QED) is 0.175. The molecule has 2 aliphatic carbocycles. The van der Waals surface area contributed by atoms with Crippen LogP contribution in [-0.4, -0.2) is 0 Å². The van der Waals surface area contributed by atoms with Crippen LogP contribution in [-0.2, 0) is 18.3 Å². The van der Waals surface area contributed by atoms with Gasteiger partial charge >= 0.3 is 0 Å². The van der Waals surface area contributed by atoms with Crippen LogP contribution in [0.3, 0.4) is 0 Å². The molecule has 0 aliphatic heterocycles. The third kappa shape index (κ3) is 4.69. The lowest BCUT2D eigenvalue weighted by Gasteiger charge is -2.31. The van der Waals surface area contributed by atoms with Gasteiger partial charge in [0.15, 0.2) is 0 Å². The van der Waals surface area contributed by atoms with Gasteiger partial charge in [-0.2, -0.15) is 0 Å². The topological polar surface area (TPSA) is 6.48 Å². The number of hydrogen-bond acceptors (Lipinski definition) is 3. The molecule has 0 fully saturated rings. The number of hydrogen-bond donors (Lipinski definition) is 0. The second kappa shape index (κ2) is 11.8. The van der Waals surface area contributed by atoms with Crippen molar-refractivity contribution in [2.45, 2.75) is 31.1 Å². The molecule has 0 amide bonds. The van der Waals surface area contributed by atoms with Gasteiger partial charge in [0.25, 0.3) is 0 Å². The van der Waals surface area contributed by atoms with Crippen LogP contribution in [0.4, 0.5) is 34.1 Å². The average Bonchev–Trinajstić information content (AvgIpc) is 3.86. The van der Waals surface area contributed by atoms with Gasteiger partial charge in [0.05, 0.1) is 0 Å². The maximum Gasteiger partial charge on any atom is 0.0476 e. The van der Waals surface area contributed by atoms with E-state index in [1.54, 1.807) is 0 Å². The molecule has 50 heavy (non-hydrogen) atoms. The van der Waals surface area contributed by atoms with Gasteiger partial charge in [0, 0.05) is 59.7 Å². The molecule has 0 radical (unpaired) electrons. The zero-order chi connectivity index (χ0) is 33.1. The van der Waals surface area contributed by atoms with Crippen molar-refractivity contribution in [1.29, 1.82) is 0 Å². The molecule has 0 saturated carbocycles. The highest BCUT2D eigenvalue weighted by Gasteiger charge is 2.45. The predicted octanol–water partition coefficient (Wildman–Crippen LogP) is 13.2. The van der Waals surface area contributed by atoms with Crippen molar-refractivity contribution < 1.29 is 0 Å². The van der Waals surface area contributed by atoms with E-state index in [0.29, 0.717) is 0 Å². The Hall–Kier alpha value is -5.64. The van der Waals surface area contributed by atoms with E-state index < -0.39 is 0 Å². The van der Waals surface area contributed by atoms with Crippen LogP contribution in [0.25, 0.3) is 20.2 Å². The van der Waals surface area contributed by atoms with Crippen LogP contribution in [0.15, 0.2) is 170 Å². The van der Waals surface area contributed by atoms with Crippen molar-refractivity contribution in [3.63, 3.8) is 0 Å². The van der Waals surface area contributed by atoms with Crippen LogP contribution >= 0.6 is 11.3 Å². The minimum atomic E-state index is 0.00746. The molecule has 2 nitrogen and oxygen atoms in total. The Morgan fingerprint density at radius 3 is 1.38 bits per heavy atom. The largest absolute Gasteiger partial charge is 0.310 e. The molecular weight excluding hydrogens is 625 g/mol. The molecular formula is C47H36N2S. The molecule has 1 heterocycles. The van der Waals surface area contributed by atoms with Crippen LogP contribution in [0.1, 0.15) is 35.1 Å². The summed E-state index contributed by atoms with van der Waals surface area (Å²) in [7, 11) is 0. The molecule has 10 rings (SSSR count). The molecule has 0 unspecified atom stereocenters. The Labute approximate surface area is 297 Å². The van der Waals surface area contributed by atoms with Crippen molar-refractivity contribution >= 4 is 65.6 Å². The number of benzene rings is 7. The fourth-order valence-corrected chi connectivity index (χ4v) is 9.86. The molecule has 0 N–H and O–H groups in total. The minimum absolute atomic E-state index is 0.00746. The summed E-state index contributed by atoms with van der Waals surface area (Å²) in [4.78, 5) is 4.86. The fourth-order valence-electron chi connectivity index (χ4n) is 8.72. The van der Waals surface area contributed by atoms with Crippen molar-refractivity contribution in [1.82, 2.24) is 0 Å². The lowest BCUT2D eigenvalue weighted by molar-refractivity contribution is 0.507. The molecule has 0 bridgehead atoms. The fraction of sp³-hybridized carbons (Fsp3) is 0.106. The predicted molar refractivity (Wildman–Crippen MR) is 213 cm³/mol. The first-order valence-corrected chi connectivity index (χ1v) is 18.5. The molecule has 1 atom stereocenters. The van der Waals surface area contributed by atoms with Crippen LogP contribution in [0, 0.1) is 0 Å². The second-order valence-electron chi connectivity index (χ2n) is 13.7. The van der Waals surface area contributed by atoms with Gasteiger partial charge in [0.1, 0.15) is 0 Å². The number of thiophene rings is 1. The van der Waals surface area contributed by atoms with Gasteiger partial charge in [-0.25, -0.2) is 0 Å². The zero-order valence-electron chi connectivity index (χ0n) is 27.8. The van der Waals surface area contributed by atoms with Crippen LogP contribution in [0.5, 0.6) is 0 Å². The average molecular weight is 661 g/mol. The Morgan fingerprint density at radius 2 is 0.820 bits per heavy atom. The maximum absolute atomic E-state index is 2.53. The summed E-state index contributed by atoms with van der Waals surface area (Å²) < 4.78 is 2.66. The summed E-state index contributed by atoms with van der Waals surface area (Å²) in [6, 6.07) is 62.7. The highest BCUT2D eigenvalue weighted by molar-refractivity contribution is 7.25. The zero-order valence-corrected chi connectivity index (χ0v) is 28.6. The van der Waals surface area contributed by atoms with E-state index >= 15 is 0 Å². The highest BCUT2D eigenvalue weighted by Crippen LogP contribution is 2.55. The van der Waals surface area contributed by atoms with Gasteiger partial charge in [0.2, 0.25) is 0 Å². The van der Waals surface area contributed by atoms with Gasteiger partial charge < -0.3 is 9.80 Å². The smallest absolute Gasteiger partial charge is 0.0476 e. The maximum atomic E-state index is 2.53. The first kappa shape index (κ1) is 29.3. The number of para-hydroxylation sites is 3. The lowest BCUT2D eigenvalue weighted by Crippen LogP contribution is -2.22. The molecule has 3 heteroatoms. The number of fused-ring (bicyclic) bond motifs is 7. The number of anilines is 6. The third-order valence-corrected chi connectivity index (χ3v) is 12.2. The number of aryl methyl sites for hydroxylation is 2. The highest BCUT2D eigenvalue weighted by atomic mass is 32.1. The van der Waals surface area contributed by atoms with Crippen LogP contribution in [0.2, 0.25) is 0 Å². The summed E-state index contributed by atoms with van der Waals surface area (Å²) >= 11 is 1.88. The van der Waals surface area contributed by atoms with E-state index in [0.717, 1.165) is 25.7 Å². The monoisotopic (exact) mass is 660 g/mol. The number of nitrogens with zero attached hydrogens (tertiary/aromatic N) is 2. The Kier molecular flexibility index (Phi) is 6.89. The molecule has 0 saturated heterocycles. The summed E-state index contributed by atoms with van der Waals surface area (Å²) in [6.07, 6.45) is 4.52. The lowest BCUT2D eigenvalue weighted by atomic mass is 9.76. The van der Waals surface area contributed by atoms with Crippen LogP contribution < -0.4 is 9.80 Å². The molecule has 8 aromatic rings. The van der Waals surface area contributed by atoms with Gasteiger partial charge in [-0.05, 0) is 127 Å². The van der Waals surface area contributed by atoms with Gasteiger partial charge in [-0.15, -0.1) is 11.3 Å². The molecule has 1 spiro atoms. The van der Waals surface area contributed by atoms with Crippen molar-refractivity contribution in [2.24, 2.45) is 0 Å². The van der Waals surface area contributed by atoms with Crippen molar-refractivity contribution in [3.05, 3.63) is 192 Å². The molecule has 2 aliphatic rings. The van der Waals surface area contributed by atoms with Gasteiger partial charge in [-0.3, -0.25) is 0 Å². The summed E-state index contributed by atoms with van der Waals surface area (Å²) in [6.45, 7) is 0. The Bertz CT molecular complexity index is 2460. The minimum Gasteiger partial charge on any atom is -0.310 e. The van der Waals surface area contributed by atoms with E-state index in [2.05, 4.69) is 180 Å². The molecule has 1 aromatic heterocycles. The molecule has 7 aromatic carbocycles. The van der Waals surface area contributed by atoms with E-state index in [9.17, 15) is 0 Å². The standard InChI is InChI=1S/C47H36N2S/c1-4-12-35(13-5-1)48(36-14-6-2-7-15-36)38-22-20-33-26-28-47(43(33)30-38)29-27-34-21-23-39(31-44(34)47)49(37-16-8-3-9-17-37)40-24-25-42-41-18-10-11-19-45(41)50-46(42)32-40/h1-25,30-32H,26-29H2/t47-/m1/s1. The van der Waals surface area contributed by atoms with E-state index in [4.69, 9.17) is 0 Å². The van der Waals surface area contributed by atoms with Gasteiger partial charge in [-0.1, -0.05) is 91.0 Å². The van der Waals surface area contributed by atoms with E-state index in [1.807, 2.05) is 11.3 Å². The van der Waals surface area contributed by atoms with Crippen molar-refractivity contribution in [2.75, 3.05) is 9.80 Å². The summed E-state index contributed by atoms with van der Waals surface area (Å²) in [5, 5.41) is 2.66. The number of rotatable bonds is 6. The summed E-state index contributed by atoms with van der Waals surface area (Å²) in [5.41, 5.74) is 13.1. The third-order valence-electron chi connectivity index (χ3n) is 11.0. The Morgan fingerprint density at radius 1 is 0.380 bits per heavy atom. The first-order valence-electron chi connectivity index (χ1n) is 17.7.